The van der Waals surface area contributed by atoms with Gasteiger partial charge in [-0.2, -0.15) is 0 Å². The molecule has 2 rings (SSSR count). The molecular weight excluding hydrogens is 264 g/mol. The Balaban J connectivity index is 1.97. The first-order chi connectivity index (χ1) is 9.55. The van der Waals surface area contributed by atoms with Crippen molar-refractivity contribution in [2.75, 3.05) is 6.61 Å². The molecule has 0 amide bonds. The van der Waals surface area contributed by atoms with E-state index in [-0.39, 0.29) is 12.4 Å². The Morgan fingerprint density at radius 3 is 2.40 bits per heavy atom. The minimum Gasteiger partial charge on any atom is -0.481 e. The van der Waals surface area contributed by atoms with E-state index in [1.807, 2.05) is 30.3 Å². The van der Waals surface area contributed by atoms with Crippen molar-refractivity contribution in [2.45, 2.75) is 0 Å². The van der Waals surface area contributed by atoms with Gasteiger partial charge in [-0.15, -0.1) is 5.46 Å². The van der Waals surface area contributed by atoms with Gasteiger partial charge < -0.3 is 17.7 Å². The lowest BCUT2D eigenvalue weighted by atomic mass is 9.80. The first kappa shape index (κ1) is 14.1. The van der Waals surface area contributed by atoms with Crippen LogP contribution in [0.4, 0.5) is 12.9 Å². The quantitative estimate of drug-likeness (QED) is 0.617. The van der Waals surface area contributed by atoms with E-state index in [1.54, 1.807) is 0 Å². The Morgan fingerprint density at radius 1 is 0.950 bits per heavy atom. The highest BCUT2D eigenvalue weighted by Gasteiger charge is 2.25. The maximum absolute atomic E-state index is 12.6. The van der Waals surface area contributed by atoms with Crippen LogP contribution in [0.2, 0.25) is 0 Å². The molecule has 0 aliphatic heterocycles. The van der Waals surface area contributed by atoms with Crippen LogP contribution in [0.25, 0.3) is 0 Å². The van der Waals surface area contributed by atoms with Crippen molar-refractivity contribution >= 4 is 12.4 Å². The minimum absolute atomic E-state index is 0.0448. The lowest BCUT2D eigenvalue weighted by Crippen LogP contribution is -2.33. The van der Waals surface area contributed by atoms with Gasteiger partial charge in [-0.05, 0) is 24.3 Å². The fraction of sp³-hybridized carbons (Fsp3) is 0.0667. The van der Waals surface area contributed by atoms with Gasteiger partial charge in [0.05, 0.1) is 0 Å². The second kappa shape index (κ2) is 6.20. The molecule has 2 aromatic rings. The largest absolute Gasteiger partial charge is 0.509 e. The minimum atomic E-state index is -5.00. The van der Waals surface area contributed by atoms with Crippen molar-refractivity contribution in [3.63, 3.8) is 0 Å². The van der Waals surface area contributed by atoms with Crippen LogP contribution in [0.5, 0.6) is 5.75 Å². The van der Waals surface area contributed by atoms with Gasteiger partial charge >= 0.3 is 6.98 Å². The molecule has 5 heteroatoms. The van der Waals surface area contributed by atoms with Gasteiger partial charge in [0, 0.05) is 5.56 Å². The summed E-state index contributed by atoms with van der Waals surface area (Å²) in [5.74, 6) is 5.80. The number of benzene rings is 2. The molecule has 0 saturated heterocycles. The summed E-state index contributed by atoms with van der Waals surface area (Å²) < 4.78 is 42.9. The molecule has 0 spiro atoms. The number of hydrogen-bond acceptors (Lipinski definition) is 1. The number of ether oxygens (including phenoxy) is 1. The number of rotatable bonds is 3. The third-order valence-electron chi connectivity index (χ3n) is 2.55. The molecule has 0 saturated carbocycles. The second-order valence-electron chi connectivity index (χ2n) is 4.10. The maximum atomic E-state index is 12.6. The smallest absolute Gasteiger partial charge is 0.481 e. The van der Waals surface area contributed by atoms with Gasteiger partial charge in [0.15, 0.2) is 0 Å². The van der Waals surface area contributed by atoms with Gasteiger partial charge in [-0.1, -0.05) is 42.2 Å². The molecule has 0 bridgehead atoms. The van der Waals surface area contributed by atoms with E-state index in [0.717, 1.165) is 17.7 Å². The molecule has 2 aromatic carbocycles. The lowest BCUT2D eigenvalue weighted by Gasteiger charge is -2.15. The zero-order valence-electron chi connectivity index (χ0n) is 10.5. The van der Waals surface area contributed by atoms with Gasteiger partial charge in [0.1, 0.15) is 12.4 Å². The van der Waals surface area contributed by atoms with Crippen LogP contribution in [0.3, 0.4) is 0 Å². The monoisotopic (exact) mass is 275 g/mol. The third kappa shape index (κ3) is 4.09. The highest BCUT2D eigenvalue weighted by atomic mass is 19.4. The van der Waals surface area contributed by atoms with Crippen LogP contribution in [0.15, 0.2) is 54.6 Å². The zero-order valence-corrected chi connectivity index (χ0v) is 10.5. The third-order valence-corrected chi connectivity index (χ3v) is 2.55. The van der Waals surface area contributed by atoms with Gasteiger partial charge in [-0.25, -0.2) is 0 Å². The summed E-state index contributed by atoms with van der Waals surface area (Å²) in [6, 6.07) is 14.1. The van der Waals surface area contributed by atoms with Crippen LogP contribution < -0.4 is 10.2 Å². The molecule has 20 heavy (non-hydrogen) atoms. The van der Waals surface area contributed by atoms with E-state index >= 15 is 0 Å². The van der Waals surface area contributed by atoms with Gasteiger partial charge in [0.2, 0.25) is 0 Å². The zero-order chi connectivity index (χ0) is 14.4. The Kier molecular flexibility index (Phi) is 4.36. The van der Waals surface area contributed by atoms with Gasteiger partial charge in [0.25, 0.3) is 0 Å². The number of halogens is 3. The first-order valence-corrected chi connectivity index (χ1v) is 6.02. The summed E-state index contributed by atoms with van der Waals surface area (Å²) in [6.07, 6.45) is 0. The van der Waals surface area contributed by atoms with Crippen molar-refractivity contribution in [1.29, 1.82) is 0 Å². The van der Waals surface area contributed by atoms with Crippen molar-refractivity contribution in [3.05, 3.63) is 60.2 Å². The molecule has 0 radical (unpaired) electrons. The molecule has 0 unspecified atom stereocenters. The molecule has 0 fully saturated rings. The summed E-state index contributed by atoms with van der Waals surface area (Å²) in [4.78, 5) is 0. The predicted octanol–water partition coefficient (Wildman–Crippen LogP) is 3.17. The summed E-state index contributed by atoms with van der Waals surface area (Å²) in [7, 11) is 0. The molecule has 0 N–H and O–H groups in total. The fourth-order valence-electron chi connectivity index (χ4n) is 1.59. The van der Waals surface area contributed by atoms with Crippen LogP contribution in [-0.2, 0) is 0 Å². The standard InChI is InChI=1S/C15H11BF3O/c17-16(18,19)14-9-4-10-15(12-14)20-11-5-8-13-6-2-1-3-7-13/h1-4,6-7,9-10,12H,11H2/q-1. The topological polar surface area (TPSA) is 9.23 Å². The Bertz CT molecular complexity index is 627. The van der Waals surface area contributed by atoms with Crippen LogP contribution >= 0.6 is 0 Å². The van der Waals surface area contributed by atoms with E-state index in [1.165, 1.54) is 12.1 Å². The SMILES string of the molecule is F[B-](F)(F)c1cccc(OCC#Cc2ccccc2)c1. The molecule has 1 nitrogen and oxygen atoms in total. The van der Waals surface area contributed by atoms with E-state index in [9.17, 15) is 12.9 Å². The summed E-state index contributed by atoms with van der Waals surface area (Å²) >= 11 is 0. The van der Waals surface area contributed by atoms with E-state index in [0.29, 0.717) is 0 Å². The van der Waals surface area contributed by atoms with Crippen molar-refractivity contribution in [1.82, 2.24) is 0 Å². The van der Waals surface area contributed by atoms with Crippen LogP contribution in [-0.4, -0.2) is 13.6 Å². The van der Waals surface area contributed by atoms with Crippen molar-refractivity contribution in [2.24, 2.45) is 0 Å². The lowest BCUT2D eigenvalue weighted by molar-refractivity contribution is 0.370. The molecule has 0 heterocycles. The fourth-order valence-corrected chi connectivity index (χ4v) is 1.59. The molecular formula is C15H11BF3O-. The highest BCUT2D eigenvalue weighted by Crippen LogP contribution is 2.14. The highest BCUT2D eigenvalue weighted by molar-refractivity contribution is 6.73. The molecule has 102 valence electrons. The molecule has 0 aromatic heterocycles. The maximum Gasteiger partial charge on any atom is 0.509 e. The average molecular weight is 275 g/mol. The van der Waals surface area contributed by atoms with Crippen molar-refractivity contribution < 1.29 is 17.7 Å². The average Bonchev–Trinajstić information content (AvgIpc) is 2.44. The van der Waals surface area contributed by atoms with Crippen LogP contribution in [0, 0.1) is 11.8 Å². The van der Waals surface area contributed by atoms with E-state index < -0.39 is 12.4 Å². The first-order valence-electron chi connectivity index (χ1n) is 6.02. The van der Waals surface area contributed by atoms with E-state index in [4.69, 9.17) is 4.74 Å². The number of hydrogen-bond donors (Lipinski definition) is 0. The van der Waals surface area contributed by atoms with Crippen LogP contribution in [0.1, 0.15) is 5.56 Å². The summed E-state index contributed by atoms with van der Waals surface area (Å²) in [5, 5.41) is 0. The predicted molar refractivity (Wildman–Crippen MR) is 74.0 cm³/mol. The summed E-state index contributed by atoms with van der Waals surface area (Å²) in [5.41, 5.74) is 0.169. The van der Waals surface area contributed by atoms with Gasteiger partial charge in [-0.3, -0.25) is 0 Å². The summed E-state index contributed by atoms with van der Waals surface area (Å²) in [6.45, 7) is -4.96. The normalized spacial score (nSPS) is 10.6. The van der Waals surface area contributed by atoms with Crippen molar-refractivity contribution in [3.8, 4) is 17.6 Å². The Labute approximate surface area is 115 Å². The Morgan fingerprint density at radius 2 is 1.70 bits per heavy atom. The van der Waals surface area contributed by atoms with E-state index in [2.05, 4.69) is 11.8 Å². The second-order valence-corrected chi connectivity index (χ2v) is 4.10. The Hall–Kier alpha value is -2.35. The molecule has 0 aliphatic carbocycles. The molecule has 0 atom stereocenters. The molecule has 0 aliphatic rings.